The summed E-state index contributed by atoms with van der Waals surface area (Å²) in [6.45, 7) is 1.81. The summed E-state index contributed by atoms with van der Waals surface area (Å²) in [6, 6.07) is 7.72. The number of nitrogens with zero attached hydrogens (tertiary/aromatic N) is 3. The first kappa shape index (κ1) is 11.3. The van der Waals surface area contributed by atoms with Crippen LogP contribution in [0.25, 0.3) is 0 Å². The molecule has 2 rings (SSSR count). The molecule has 0 unspecified atom stereocenters. The Morgan fingerprint density at radius 2 is 2.12 bits per heavy atom. The summed E-state index contributed by atoms with van der Waals surface area (Å²) in [7, 11) is 0. The van der Waals surface area contributed by atoms with E-state index in [1.54, 1.807) is 0 Å². The van der Waals surface area contributed by atoms with Crippen LogP contribution in [0.15, 0.2) is 29.4 Å². The van der Waals surface area contributed by atoms with Crippen LogP contribution in [0, 0.1) is 6.92 Å². The maximum absolute atomic E-state index is 6.05. The Morgan fingerprint density at radius 1 is 1.38 bits per heavy atom. The number of benzene rings is 1. The molecule has 0 saturated heterocycles. The van der Waals surface area contributed by atoms with E-state index in [1.807, 2.05) is 31.2 Å². The molecule has 0 atom stereocenters. The van der Waals surface area contributed by atoms with Gasteiger partial charge in [-0.25, -0.2) is 4.68 Å². The van der Waals surface area contributed by atoms with E-state index in [0.29, 0.717) is 11.0 Å². The Labute approximate surface area is 103 Å². The van der Waals surface area contributed by atoms with Gasteiger partial charge in [-0.3, -0.25) is 0 Å². The second kappa shape index (κ2) is 4.76. The van der Waals surface area contributed by atoms with Crippen LogP contribution in [0.2, 0.25) is 5.02 Å². The van der Waals surface area contributed by atoms with Crippen molar-refractivity contribution in [3.63, 3.8) is 0 Å². The molecule has 0 amide bonds. The van der Waals surface area contributed by atoms with Crippen molar-refractivity contribution in [3.8, 4) is 0 Å². The molecule has 1 heterocycles. The van der Waals surface area contributed by atoms with Crippen molar-refractivity contribution in [1.29, 1.82) is 0 Å². The number of rotatable bonds is 3. The molecule has 0 fully saturated rings. The van der Waals surface area contributed by atoms with Crippen LogP contribution in [0.3, 0.4) is 0 Å². The molecule has 1 aromatic heterocycles. The van der Waals surface area contributed by atoms with E-state index >= 15 is 0 Å². The highest BCUT2D eigenvalue weighted by atomic mass is 35.5. The van der Waals surface area contributed by atoms with Crippen molar-refractivity contribution in [2.45, 2.75) is 17.8 Å². The third kappa shape index (κ3) is 2.31. The lowest BCUT2D eigenvalue weighted by molar-refractivity contribution is 0.825. The minimum absolute atomic E-state index is 0.692. The molecular formula is C10H11ClN4S. The minimum atomic E-state index is 0.692. The first-order valence-electron chi connectivity index (χ1n) is 4.72. The van der Waals surface area contributed by atoms with Crippen molar-refractivity contribution in [2.75, 3.05) is 5.84 Å². The molecule has 0 bridgehead atoms. The van der Waals surface area contributed by atoms with Gasteiger partial charge in [-0.2, -0.15) is 0 Å². The topological polar surface area (TPSA) is 56.7 Å². The summed E-state index contributed by atoms with van der Waals surface area (Å²) < 4.78 is 1.47. The van der Waals surface area contributed by atoms with Crippen molar-refractivity contribution in [2.24, 2.45) is 0 Å². The number of nitrogens with two attached hydrogens (primary N) is 1. The van der Waals surface area contributed by atoms with Gasteiger partial charge in [0.25, 0.3) is 0 Å². The molecule has 84 valence electrons. The molecule has 0 aliphatic heterocycles. The first-order chi connectivity index (χ1) is 7.68. The summed E-state index contributed by atoms with van der Waals surface area (Å²) in [5.74, 6) is 7.17. The fraction of sp³-hybridized carbons (Fsp3) is 0.200. The summed E-state index contributed by atoms with van der Waals surface area (Å²) >= 11 is 7.56. The molecule has 4 nitrogen and oxygen atoms in total. The number of hydrogen-bond acceptors (Lipinski definition) is 4. The van der Waals surface area contributed by atoms with Crippen LogP contribution in [0.1, 0.15) is 11.4 Å². The smallest absolute Gasteiger partial charge is 0.210 e. The maximum Gasteiger partial charge on any atom is 0.210 e. The lowest BCUT2D eigenvalue weighted by Crippen LogP contribution is -2.11. The maximum atomic E-state index is 6.05. The number of aryl methyl sites for hydroxylation is 1. The second-order valence-corrected chi connectivity index (χ2v) is 4.63. The van der Waals surface area contributed by atoms with Gasteiger partial charge in [-0.1, -0.05) is 41.6 Å². The zero-order valence-corrected chi connectivity index (χ0v) is 10.3. The number of thioether (sulfide) groups is 1. The van der Waals surface area contributed by atoms with E-state index in [-0.39, 0.29) is 0 Å². The Bertz CT molecular complexity index is 497. The number of halogens is 1. The number of nitrogen functional groups attached to an aromatic ring is 1. The summed E-state index contributed by atoms with van der Waals surface area (Å²) in [4.78, 5) is 0. The van der Waals surface area contributed by atoms with Crippen molar-refractivity contribution < 1.29 is 0 Å². The van der Waals surface area contributed by atoms with Gasteiger partial charge >= 0.3 is 0 Å². The van der Waals surface area contributed by atoms with Gasteiger partial charge in [0.2, 0.25) is 5.16 Å². The Morgan fingerprint density at radius 3 is 2.75 bits per heavy atom. The van der Waals surface area contributed by atoms with E-state index in [2.05, 4.69) is 10.2 Å². The van der Waals surface area contributed by atoms with Crippen molar-refractivity contribution in [3.05, 3.63) is 40.7 Å². The lowest BCUT2D eigenvalue weighted by Gasteiger charge is -2.03. The highest BCUT2D eigenvalue weighted by Gasteiger charge is 2.07. The highest BCUT2D eigenvalue weighted by molar-refractivity contribution is 7.98. The van der Waals surface area contributed by atoms with Crippen LogP contribution in [0.5, 0.6) is 0 Å². The number of aromatic nitrogens is 3. The van der Waals surface area contributed by atoms with E-state index in [1.165, 1.54) is 16.4 Å². The summed E-state index contributed by atoms with van der Waals surface area (Å²) in [6.07, 6.45) is 0. The molecule has 0 spiro atoms. The van der Waals surface area contributed by atoms with Crippen LogP contribution >= 0.6 is 23.4 Å². The second-order valence-electron chi connectivity index (χ2n) is 3.28. The third-order valence-electron chi connectivity index (χ3n) is 2.15. The predicted octanol–water partition coefficient (Wildman–Crippen LogP) is 2.25. The van der Waals surface area contributed by atoms with Crippen molar-refractivity contribution >= 4 is 23.4 Å². The van der Waals surface area contributed by atoms with Crippen LogP contribution in [0.4, 0.5) is 0 Å². The molecule has 6 heteroatoms. The van der Waals surface area contributed by atoms with Gasteiger partial charge in [-0.05, 0) is 18.6 Å². The molecule has 2 N–H and O–H groups in total. The molecule has 0 aliphatic carbocycles. The quantitative estimate of drug-likeness (QED) is 0.674. The molecule has 0 radical (unpaired) electrons. The van der Waals surface area contributed by atoms with Crippen LogP contribution in [-0.4, -0.2) is 14.9 Å². The average molecular weight is 255 g/mol. The summed E-state index contributed by atoms with van der Waals surface area (Å²) in [5.41, 5.74) is 1.06. The molecule has 2 aromatic rings. The summed E-state index contributed by atoms with van der Waals surface area (Å²) in [5, 5.41) is 9.30. The lowest BCUT2D eigenvalue weighted by atomic mass is 10.2. The molecule has 1 aromatic carbocycles. The zero-order valence-electron chi connectivity index (χ0n) is 8.72. The normalized spacial score (nSPS) is 10.6. The van der Waals surface area contributed by atoms with Gasteiger partial charge in [-0.15, -0.1) is 10.2 Å². The molecule has 0 aliphatic rings. The van der Waals surface area contributed by atoms with Gasteiger partial charge in [0.05, 0.1) is 0 Å². The van der Waals surface area contributed by atoms with E-state index in [0.717, 1.165) is 16.3 Å². The number of hydrogen-bond donors (Lipinski definition) is 1. The van der Waals surface area contributed by atoms with Gasteiger partial charge in [0, 0.05) is 10.8 Å². The fourth-order valence-electron chi connectivity index (χ4n) is 1.21. The average Bonchev–Trinajstić information content (AvgIpc) is 2.59. The minimum Gasteiger partial charge on any atom is -0.336 e. The van der Waals surface area contributed by atoms with E-state index in [4.69, 9.17) is 17.4 Å². The van der Waals surface area contributed by atoms with Crippen LogP contribution < -0.4 is 5.84 Å². The third-order valence-corrected chi connectivity index (χ3v) is 3.51. The predicted molar refractivity (Wildman–Crippen MR) is 65.9 cm³/mol. The monoisotopic (exact) mass is 254 g/mol. The standard InChI is InChI=1S/C10H11ClN4S/c1-7-13-14-10(15(7)12)16-6-8-4-2-3-5-9(8)11/h2-5H,6,12H2,1H3. The fourth-order valence-corrected chi connectivity index (χ4v) is 2.39. The van der Waals surface area contributed by atoms with Crippen LogP contribution in [-0.2, 0) is 5.75 Å². The zero-order chi connectivity index (χ0) is 11.5. The molecule has 16 heavy (non-hydrogen) atoms. The van der Waals surface area contributed by atoms with Crippen molar-refractivity contribution in [1.82, 2.24) is 14.9 Å². The first-order valence-corrected chi connectivity index (χ1v) is 6.08. The molecule has 0 saturated carbocycles. The van der Waals surface area contributed by atoms with Gasteiger partial charge in [0.1, 0.15) is 5.82 Å². The van der Waals surface area contributed by atoms with Gasteiger partial charge in [0.15, 0.2) is 0 Å². The Hall–Kier alpha value is -1.20. The van der Waals surface area contributed by atoms with E-state index < -0.39 is 0 Å². The Balaban J connectivity index is 2.08. The Kier molecular flexibility index (Phi) is 3.36. The van der Waals surface area contributed by atoms with Gasteiger partial charge < -0.3 is 5.84 Å². The van der Waals surface area contributed by atoms with E-state index in [9.17, 15) is 0 Å². The highest BCUT2D eigenvalue weighted by Crippen LogP contribution is 2.24. The SMILES string of the molecule is Cc1nnc(SCc2ccccc2Cl)n1N. The molecular weight excluding hydrogens is 244 g/mol. The largest absolute Gasteiger partial charge is 0.336 e.